The fourth-order valence-electron chi connectivity index (χ4n) is 3.40. The number of carboxylic acids is 1. The molecular formula is C22H21Br2F2NO4S. The van der Waals surface area contributed by atoms with Crippen LogP contribution in [0.3, 0.4) is 0 Å². The quantitative estimate of drug-likeness (QED) is 0.323. The van der Waals surface area contributed by atoms with Crippen molar-refractivity contribution in [2.24, 2.45) is 0 Å². The number of ether oxygens (including phenoxy) is 1. The molecule has 1 amide bonds. The van der Waals surface area contributed by atoms with Gasteiger partial charge in [0.1, 0.15) is 4.88 Å². The average Bonchev–Trinajstić information content (AvgIpc) is 3.11. The number of amides is 1. The van der Waals surface area contributed by atoms with E-state index in [1.54, 1.807) is 24.3 Å². The first kappa shape index (κ1) is 24.9. The Bertz CT molecular complexity index is 1010. The summed E-state index contributed by atoms with van der Waals surface area (Å²) in [5.41, 5.74) is -0.0707. The number of thiophene rings is 1. The van der Waals surface area contributed by atoms with Crippen LogP contribution in [0.2, 0.25) is 0 Å². The number of carboxylic acid groups (broad SMARTS) is 1. The average molecular weight is 593 g/mol. The zero-order valence-corrected chi connectivity index (χ0v) is 20.9. The molecule has 0 unspecified atom stereocenters. The molecule has 1 fully saturated rings. The van der Waals surface area contributed by atoms with Crippen molar-refractivity contribution >= 4 is 55.3 Å². The molecule has 1 aliphatic rings. The summed E-state index contributed by atoms with van der Waals surface area (Å²) in [6.45, 7) is 0.618. The minimum Gasteiger partial charge on any atom is -0.477 e. The van der Waals surface area contributed by atoms with E-state index in [0.29, 0.717) is 30.3 Å². The molecule has 1 aromatic carbocycles. The van der Waals surface area contributed by atoms with Gasteiger partial charge in [0.15, 0.2) is 0 Å². The molecule has 10 heteroatoms. The van der Waals surface area contributed by atoms with Gasteiger partial charge in [0.2, 0.25) is 0 Å². The third-order valence-electron chi connectivity index (χ3n) is 5.02. The van der Waals surface area contributed by atoms with Gasteiger partial charge in [0.25, 0.3) is 5.92 Å². The first-order valence-corrected chi connectivity index (χ1v) is 12.3. The van der Waals surface area contributed by atoms with Crippen molar-refractivity contribution in [3.8, 4) is 0 Å². The van der Waals surface area contributed by atoms with Crippen molar-refractivity contribution in [3.63, 3.8) is 0 Å². The van der Waals surface area contributed by atoms with E-state index in [0.717, 1.165) is 9.35 Å². The van der Waals surface area contributed by atoms with Crippen molar-refractivity contribution in [3.05, 3.63) is 66.7 Å². The van der Waals surface area contributed by atoms with Crippen molar-refractivity contribution in [2.75, 3.05) is 13.2 Å². The Morgan fingerprint density at radius 1 is 1.34 bits per heavy atom. The van der Waals surface area contributed by atoms with Gasteiger partial charge in [-0.15, -0.1) is 11.3 Å². The fraction of sp³-hybridized carbons (Fsp3) is 0.364. The lowest BCUT2D eigenvalue weighted by Gasteiger charge is -2.33. The van der Waals surface area contributed by atoms with Crippen LogP contribution in [-0.2, 0) is 17.1 Å². The van der Waals surface area contributed by atoms with Gasteiger partial charge in [0, 0.05) is 38.8 Å². The summed E-state index contributed by atoms with van der Waals surface area (Å²) in [5, 5.41) is 9.10. The molecule has 2 heterocycles. The van der Waals surface area contributed by atoms with Crippen LogP contribution in [0.4, 0.5) is 13.6 Å². The molecule has 0 aliphatic carbocycles. The number of carbonyl (C=O) groups excluding carboxylic acids is 1. The number of alkyl halides is 2. The number of hydrogen-bond donors (Lipinski definition) is 1. The molecule has 1 aliphatic heterocycles. The number of allylic oxidation sites excluding steroid dienone is 1. The van der Waals surface area contributed by atoms with Gasteiger partial charge in [-0.05, 0) is 47.0 Å². The smallest absolute Gasteiger partial charge is 0.410 e. The molecule has 0 radical (unpaired) electrons. The third-order valence-corrected chi connectivity index (χ3v) is 7.67. The minimum absolute atomic E-state index is 0.0707. The molecule has 3 rings (SSSR count). The van der Waals surface area contributed by atoms with Gasteiger partial charge < -0.3 is 14.7 Å². The van der Waals surface area contributed by atoms with Crippen molar-refractivity contribution in [1.82, 2.24) is 4.90 Å². The van der Waals surface area contributed by atoms with Gasteiger partial charge >= 0.3 is 12.1 Å². The molecule has 0 spiro atoms. The van der Waals surface area contributed by atoms with Crippen LogP contribution in [0.1, 0.15) is 39.4 Å². The van der Waals surface area contributed by atoms with Crippen LogP contribution in [0.25, 0.3) is 0 Å². The normalized spacial score (nSPS) is 17.1. The van der Waals surface area contributed by atoms with E-state index < -0.39 is 24.4 Å². The van der Waals surface area contributed by atoms with Crippen LogP contribution in [0.15, 0.2) is 51.4 Å². The lowest BCUT2D eigenvalue weighted by molar-refractivity contribution is -0.00126. The van der Waals surface area contributed by atoms with Crippen LogP contribution in [0, 0.1) is 0 Å². The predicted octanol–water partition coefficient (Wildman–Crippen LogP) is 6.85. The second-order valence-corrected chi connectivity index (χ2v) is 10.2. The fourth-order valence-corrected chi connectivity index (χ4v) is 5.55. The summed E-state index contributed by atoms with van der Waals surface area (Å²) in [4.78, 5) is 26.0. The summed E-state index contributed by atoms with van der Waals surface area (Å²) in [6.07, 6.45) is 3.83. The Morgan fingerprint density at radius 2 is 2.12 bits per heavy atom. The van der Waals surface area contributed by atoms with E-state index in [1.165, 1.54) is 34.4 Å². The monoisotopic (exact) mass is 591 g/mol. The number of carbonyl (C=O) groups is 2. The summed E-state index contributed by atoms with van der Waals surface area (Å²) < 4.78 is 35.5. The summed E-state index contributed by atoms with van der Waals surface area (Å²) in [7, 11) is 0. The standard InChI is InChI=1S/C22H21Br2F2NO4S/c23-15-5-1-4-14(12-15)22(25,26)9-2-6-16-8-11-31-21(30)27(16)10-3-7-18-17(24)13-19(32-18)20(28)29/h1-2,4-6,12-13,16H,3,7-11H2,(H,28,29)/b6-2+/t16-/m0/s1. The maximum Gasteiger partial charge on any atom is 0.410 e. The van der Waals surface area contributed by atoms with Crippen LogP contribution < -0.4 is 0 Å². The van der Waals surface area contributed by atoms with E-state index in [9.17, 15) is 18.4 Å². The first-order chi connectivity index (χ1) is 15.2. The molecule has 1 atom stereocenters. The van der Waals surface area contributed by atoms with Gasteiger partial charge in [-0.25, -0.2) is 18.4 Å². The molecule has 32 heavy (non-hydrogen) atoms. The van der Waals surface area contributed by atoms with Crippen molar-refractivity contribution < 1.29 is 28.2 Å². The topological polar surface area (TPSA) is 66.8 Å². The second kappa shape index (κ2) is 10.9. The summed E-state index contributed by atoms with van der Waals surface area (Å²) >= 11 is 7.77. The predicted molar refractivity (Wildman–Crippen MR) is 126 cm³/mol. The zero-order valence-electron chi connectivity index (χ0n) is 16.9. The molecule has 1 aromatic heterocycles. The molecule has 0 bridgehead atoms. The maximum absolute atomic E-state index is 14.5. The summed E-state index contributed by atoms with van der Waals surface area (Å²) in [5.74, 6) is -4.00. The molecule has 1 N–H and O–H groups in total. The van der Waals surface area contributed by atoms with Gasteiger partial charge in [-0.3, -0.25) is 0 Å². The second-order valence-electron chi connectivity index (χ2n) is 7.30. The van der Waals surface area contributed by atoms with E-state index in [-0.39, 0.29) is 23.1 Å². The highest BCUT2D eigenvalue weighted by molar-refractivity contribution is 9.10. The Labute approximate surface area is 205 Å². The highest BCUT2D eigenvalue weighted by atomic mass is 79.9. The molecular weight excluding hydrogens is 572 g/mol. The Hall–Kier alpha value is -1.78. The van der Waals surface area contributed by atoms with E-state index in [4.69, 9.17) is 9.84 Å². The van der Waals surface area contributed by atoms with E-state index in [2.05, 4.69) is 31.9 Å². The number of hydrogen-bond acceptors (Lipinski definition) is 4. The summed E-state index contributed by atoms with van der Waals surface area (Å²) in [6, 6.07) is 7.29. The number of nitrogens with zero attached hydrogens (tertiary/aromatic N) is 1. The van der Waals surface area contributed by atoms with Crippen molar-refractivity contribution in [2.45, 2.75) is 37.6 Å². The largest absolute Gasteiger partial charge is 0.477 e. The molecule has 5 nitrogen and oxygen atoms in total. The van der Waals surface area contributed by atoms with Crippen LogP contribution in [0.5, 0.6) is 0 Å². The van der Waals surface area contributed by atoms with Crippen molar-refractivity contribution in [1.29, 1.82) is 0 Å². The number of rotatable bonds is 9. The number of halogens is 4. The Morgan fingerprint density at radius 3 is 2.81 bits per heavy atom. The lowest BCUT2D eigenvalue weighted by Crippen LogP contribution is -2.45. The molecule has 1 saturated heterocycles. The molecule has 172 valence electrons. The number of aryl methyl sites for hydroxylation is 1. The van der Waals surface area contributed by atoms with Crippen LogP contribution >= 0.6 is 43.2 Å². The number of benzene rings is 1. The third kappa shape index (κ3) is 6.39. The number of aromatic carboxylic acids is 1. The lowest BCUT2D eigenvalue weighted by atomic mass is 10.0. The SMILES string of the molecule is O=C(O)c1cc(Br)c(CCCN2C(=O)OCC[C@@H]2/C=C/CC(F)(F)c2cccc(Br)c2)s1. The van der Waals surface area contributed by atoms with Gasteiger partial charge in [-0.2, -0.15) is 0 Å². The molecule has 2 aromatic rings. The maximum atomic E-state index is 14.5. The highest BCUT2D eigenvalue weighted by Crippen LogP contribution is 2.34. The first-order valence-electron chi connectivity index (χ1n) is 9.93. The van der Waals surface area contributed by atoms with Gasteiger partial charge in [-0.1, -0.05) is 40.2 Å². The van der Waals surface area contributed by atoms with E-state index >= 15 is 0 Å². The Balaban J connectivity index is 1.60. The van der Waals surface area contributed by atoms with Gasteiger partial charge in [0.05, 0.1) is 12.6 Å². The minimum atomic E-state index is -3.02. The highest BCUT2D eigenvalue weighted by Gasteiger charge is 2.31. The zero-order chi connectivity index (χ0) is 23.3. The number of cyclic esters (lactones) is 1. The molecule has 0 saturated carbocycles. The van der Waals surface area contributed by atoms with E-state index in [1.807, 2.05) is 0 Å². The van der Waals surface area contributed by atoms with Crippen LogP contribution in [-0.4, -0.2) is 41.3 Å². The Kier molecular flexibility index (Phi) is 8.46.